The summed E-state index contributed by atoms with van der Waals surface area (Å²) in [5.74, 6) is 1.02. The highest BCUT2D eigenvalue weighted by Gasteiger charge is 2.71. The minimum absolute atomic E-state index is 0.148. The molecule has 4 rings (SSSR count). The first kappa shape index (κ1) is 29.0. The third-order valence-electron chi connectivity index (χ3n) is 5.95. The summed E-state index contributed by atoms with van der Waals surface area (Å²) in [5.41, 5.74) is -6.42. The number of anilines is 1. The fraction of sp³-hybridized carbons (Fsp3) is 0.143. The van der Waals surface area contributed by atoms with E-state index in [2.05, 4.69) is 0 Å². The second kappa shape index (κ2) is 10.9. The Balaban J connectivity index is 1.70. The number of halogens is 6. The molecule has 0 atom stereocenters. The number of alkyl halides is 6. The van der Waals surface area contributed by atoms with Gasteiger partial charge in [-0.3, -0.25) is 4.31 Å². The number of sulfonamides is 1. The number of benzene rings is 4. The van der Waals surface area contributed by atoms with E-state index in [4.69, 9.17) is 4.74 Å². The van der Waals surface area contributed by atoms with Crippen molar-refractivity contribution in [3.8, 4) is 11.5 Å². The molecule has 1 N–H and O–H groups in total. The van der Waals surface area contributed by atoms with Crippen molar-refractivity contribution in [1.82, 2.24) is 0 Å². The Morgan fingerprint density at radius 2 is 1.12 bits per heavy atom. The van der Waals surface area contributed by atoms with Gasteiger partial charge in [-0.25, -0.2) is 8.42 Å². The molecular weight excluding hydrogens is 560 g/mol. The van der Waals surface area contributed by atoms with Gasteiger partial charge >= 0.3 is 12.4 Å². The van der Waals surface area contributed by atoms with Crippen molar-refractivity contribution in [3.63, 3.8) is 0 Å². The smallest absolute Gasteiger partial charge is 0.430 e. The van der Waals surface area contributed by atoms with Crippen LogP contribution in [0.5, 0.6) is 11.5 Å². The molecule has 0 amide bonds. The second-order valence-corrected chi connectivity index (χ2v) is 10.5. The summed E-state index contributed by atoms with van der Waals surface area (Å²) in [6.45, 7) is -0.314. The third kappa shape index (κ3) is 5.77. The highest BCUT2D eigenvalue weighted by molar-refractivity contribution is 7.92. The van der Waals surface area contributed by atoms with Crippen LogP contribution in [0, 0.1) is 0 Å². The molecule has 210 valence electrons. The molecule has 4 aromatic carbocycles. The molecular formula is C28H21F6NO4S. The zero-order valence-corrected chi connectivity index (χ0v) is 21.2. The molecule has 0 saturated heterocycles. The number of rotatable bonds is 8. The summed E-state index contributed by atoms with van der Waals surface area (Å²) in [4.78, 5) is -0.148. The van der Waals surface area contributed by atoms with Gasteiger partial charge in [0.25, 0.3) is 15.6 Å². The van der Waals surface area contributed by atoms with Crippen LogP contribution in [-0.4, -0.2) is 25.9 Å². The van der Waals surface area contributed by atoms with Gasteiger partial charge in [0.15, 0.2) is 0 Å². The van der Waals surface area contributed by atoms with Gasteiger partial charge in [-0.05, 0) is 54.1 Å². The van der Waals surface area contributed by atoms with Crippen LogP contribution in [0.1, 0.15) is 11.1 Å². The van der Waals surface area contributed by atoms with Crippen molar-refractivity contribution >= 4 is 15.7 Å². The van der Waals surface area contributed by atoms with Crippen LogP contribution >= 0.6 is 0 Å². The third-order valence-corrected chi connectivity index (χ3v) is 7.74. The highest BCUT2D eigenvalue weighted by Crippen LogP contribution is 2.50. The van der Waals surface area contributed by atoms with Gasteiger partial charge in [0.2, 0.25) is 0 Å². The molecule has 0 aliphatic carbocycles. The predicted octanol–water partition coefficient (Wildman–Crippen LogP) is 7.19. The maximum absolute atomic E-state index is 13.5. The molecule has 0 unspecified atom stereocenters. The topological polar surface area (TPSA) is 66.8 Å². The maximum atomic E-state index is 13.5. The van der Waals surface area contributed by atoms with E-state index in [1.54, 1.807) is 54.6 Å². The van der Waals surface area contributed by atoms with Gasteiger partial charge in [-0.2, -0.15) is 26.3 Å². The molecule has 5 nitrogen and oxygen atoms in total. The molecule has 40 heavy (non-hydrogen) atoms. The van der Waals surface area contributed by atoms with Crippen LogP contribution < -0.4 is 9.04 Å². The van der Waals surface area contributed by atoms with E-state index in [-0.39, 0.29) is 17.1 Å². The zero-order chi connectivity index (χ0) is 29.2. The summed E-state index contributed by atoms with van der Waals surface area (Å²) in [5, 5.41) is 9.70. The van der Waals surface area contributed by atoms with E-state index in [0.717, 1.165) is 16.4 Å². The molecule has 0 aromatic heterocycles. The van der Waals surface area contributed by atoms with Gasteiger partial charge in [0.1, 0.15) is 11.5 Å². The van der Waals surface area contributed by atoms with E-state index in [0.29, 0.717) is 29.2 Å². The van der Waals surface area contributed by atoms with Crippen LogP contribution in [0.4, 0.5) is 32.0 Å². The number of nitrogens with zero attached hydrogens (tertiary/aromatic N) is 1. The molecule has 0 saturated carbocycles. The number of para-hydroxylation sites is 1. The van der Waals surface area contributed by atoms with Crippen molar-refractivity contribution in [3.05, 3.63) is 120 Å². The second-order valence-electron chi connectivity index (χ2n) is 8.64. The Labute approximate surface area is 225 Å². The van der Waals surface area contributed by atoms with Crippen molar-refractivity contribution in [2.24, 2.45) is 0 Å². The van der Waals surface area contributed by atoms with E-state index in [1.165, 1.54) is 24.3 Å². The van der Waals surface area contributed by atoms with Crippen LogP contribution in [0.2, 0.25) is 0 Å². The van der Waals surface area contributed by atoms with Crippen molar-refractivity contribution in [2.75, 3.05) is 4.31 Å². The lowest BCUT2D eigenvalue weighted by Gasteiger charge is -2.33. The summed E-state index contributed by atoms with van der Waals surface area (Å²) >= 11 is 0. The van der Waals surface area contributed by atoms with Gasteiger partial charge in [0, 0.05) is 5.56 Å². The lowest BCUT2D eigenvalue weighted by Crippen LogP contribution is -2.53. The number of ether oxygens (including phenoxy) is 1. The predicted molar refractivity (Wildman–Crippen MR) is 135 cm³/mol. The van der Waals surface area contributed by atoms with Crippen LogP contribution in [0.15, 0.2) is 114 Å². The van der Waals surface area contributed by atoms with Crippen molar-refractivity contribution < 1.29 is 44.6 Å². The van der Waals surface area contributed by atoms with Crippen molar-refractivity contribution in [1.29, 1.82) is 0 Å². The quantitative estimate of drug-likeness (QED) is 0.224. The van der Waals surface area contributed by atoms with Gasteiger partial charge in [-0.15, -0.1) is 0 Å². The zero-order valence-electron chi connectivity index (χ0n) is 20.4. The van der Waals surface area contributed by atoms with Gasteiger partial charge in [0.05, 0.1) is 17.1 Å². The largest absolute Gasteiger partial charge is 0.457 e. The first-order valence-corrected chi connectivity index (χ1v) is 13.0. The van der Waals surface area contributed by atoms with E-state index < -0.39 is 33.5 Å². The first-order valence-electron chi connectivity index (χ1n) is 11.6. The summed E-state index contributed by atoms with van der Waals surface area (Å²) in [6.07, 6.45) is -12.2. The molecule has 0 heterocycles. The minimum atomic E-state index is -6.08. The highest BCUT2D eigenvalue weighted by atomic mass is 32.2. The number of hydrogen-bond donors (Lipinski definition) is 1. The molecule has 0 spiro atoms. The Kier molecular flexibility index (Phi) is 7.86. The monoisotopic (exact) mass is 581 g/mol. The van der Waals surface area contributed by atoms with Gasteiger partial charge < -0.3 is 9.84 Å². The maximum Gasteiger partial charge on any atom is 0.430 e. The van der Waals surface area contributed by atoms with Crippen LogP contribution in [0.25, 0.3) is 0 Å². The van der Waals surface area contributed by atoms with Crippen molar-refractivity contribution in [2.45, 2.75) is 29.4 Å². The Morgan fingerprint density at radius 3 is 1.62 bits per heavy atom. The number of hydrogen-bond acceptors (Lipinski definition) is 4. The van der Waals surface area contributed by atoms with Crippen LogP contribution in [-0.2, 0) is 22.2 Å². The fourth-order valence-corrected chi connectivity index (χ4v) is 5.32. The molecule has 4 aromatic rings. The number of aliphatic hydroxyl groups is 1. The normalized spacial score (nSPS) is 12.7. The summed E-state index contributed by atoms with van der Waals surface area (Å²) in [6, 6.07) is 24.7. The standard InChI is InChI=1S/C28H21F6NO4S/c29-27(30,31)26(36,28(32,33)34)21-13-15-22(16-14-21)35(40(37,38)25-9-5-2-6-10-25)19-20-11-17-24(18-12-20)39-23-7-3-1-4-8-23/h1-18,36H,19H2. The Morgan fingerprint density at radius 1 is 0.650 bits per heavy atom. The Hall–Kier alpha value is -4.03. The van der Waals surface area contributed by atoms with E-state index in [9.17, 15) is 39.9 Å². The fourth-order valence-electron chi connectivity index (χ4n) is 3.85. The lowest BCUT2D eigenvalue weighted by molar-refractivity contribution is -0.376. The van der Waals surface area contributed by atoms with E-state index >= 15 is 0 Å². The molecule has 12 heteroatoms. The molecule has 0 aliphatic heterocycles. The molecule has 0 fully saturated rings. The molecule has 0 radical (unpaired) electrons. The van der Waals surface area contributed by atoms with Gasteiger partial charge in [-0.1, -0.05) is 60.7 Å². The van der Waals surface area contributed by atoms with Crippen LogP contribution in [0.3, 0.4) is 0 Å². The summed E-state index contributed by atoms with van der Waals surface area (Å²) < 4.78 is 114. The molecule has 0 bridgehead atoms. The van der Waals surface area contributed by atoms with E-state index in [1.807, 2.05) is 6.07 Å². The first-order chi connectivity index (χ1) is 18.7. The average Bonchev–Trinajstić information content (AvgIpc) is 2.92. The Bertz CT molecular complexity index is 1510. The average molecular weight is 582 g/mol. The SMILES string of the molecule is O=S(=O)(c1ccccc1)N(Cc1ccc(Oc2ccccc2)cc1)c1ccc(C(O)(C(F)(F)F)C(F)(F)F)cc1. The lowest BCUT2D eigenvalue weighted by atomic mass is 9.92. The molecule has 0 aliphatic rings. The minimum Gasteiger partial charge on any atom is -0.457 e. The summed E-state index contributed by atoms with van der Waals surface area (Å²) in [7, 11) is -4.32.